The zero-order valence-corrected chi connectivity index (χ0v) is 18.0. The predicted octanol–water partition coefficient (Wildman–Crippen LogP) is 3.98. The van der Waals surface area contributed by atoms with Gasteiger partial charge in [0.15, 0.2) is 0 Å². The van der Waals surface area contributed by atoms with Crippen LogP contribution in [0.1, 0.15) is 23.2 Å². The van der Waals surface area contributed by atoms with E-state index < -0.39 is 0 Å². The second-order valence-corrected chi connectivity index (χ2v) is 8.73. The molecule has 3 aromatic rings. The number of carbonyl (C=O) groups is 2. The van der Waals surface area contributed by atoms with E-state index in [0.29, 0.717) is 24.7 Å². The molecule has 1 aromatic heterocycles. The molecule has 1 N–H and O–H groups in total. The summed E-state index contributed by atoms with van der Waals surface area (Å²) in [5.74, 6) is -0.286. The van der Waals surface area contributed by atoms with Gasteiger partial charge in [-0.1, -0.05) is 41.4 Å². The number of aromatic amines is 1. The Hall–Kier alpha value is -3.12. The molecular formula is C24H23ClN4O2. The van der Waals surface area contributed by atoms with Gasteiger partial charge in [0.25, 0.3) is 0 Å². The lowest BCUT2D eigenvalue weighted by molar-refractivity contribution is -0.136. The summed E-state index contributed by atoms with van der Waals surface area (Å²) in [4.78, 5) is 29.5. The van der Waals surface area contributed by atoms with Gasteiger partial charge in [0.2, 0.25) is 11.8 Å². The highest BCUT2D eigenvalue weighted by Gasteiger charge is 2.38. The fourth-order valence-corrected chi connectivity index (χ4v) is 4.65. The SMILES string of the molecule is Cc1ccc(N2CC(C(=O)N3CCc4[nH]nc(-c5cccc(Cl)c5)c4C3)CC2=O)cc1. The number of nitrogens with one attached hydrogen (secondary N) is 1. The van der Waals surface area contributed by atoms with Crippen molar-refractivity contribution in [2.75, 3.05) is 18.0 Å². The zero-order valence-electron chi connectivity index (χ0n) is 17.3. The standard InChI is InChI=1S/C24H23ClN4O2/c1-15-5-7-19(8-6-15)29-13-17(12-22(29)30)24(31)28-10-9-21-20(14-28)23(27-26-21)16-3-2-4-18(25)11-16/h2-8,11,17H,9-10,12-14H2,1H3,(H,26,27). The molecule has 0 bridgehead atoms. The quantitative estimate of drug-likeness (QED) is 0.678. The van der Waals surface area contributed by atoms with Gasteiger partial charge in [-0.2, -0.15) is 5.10 Å². The first-order valence-corrected chi connectivity index (χ1v) is 10.9. The number of hydrogen-bond donors (Lipinski definition) is 1. The summed E-state index contributed by atoms with van der Waals surface area (Å²) in [7, 11) is 0. The summed E-state index contributed by atoms with van der Waals surface area (Å²) in [5, 5.41) is 8.26. The molecule has 31 heavy (non-hydrogen) atoms. The van der Waals surface area contributed by atoms with Gasteiger partial charge in [-0.15, -0.1) is 0 Å². The Morgan fingerprint density at radius 1 is 1.19 bits per heavy atom. The largest absolute Gasteiger partial charge is 0.338 e. The van der Waals surface area contributed by atoms with Gasteiger partial charge in [-0.05, 0) is 31.2 Å². The van der Waals surface area contributed by atoms with Crippen molar-refractivity contribution < 1.29 is 9.59 Å². The molecular weight excluding hydrogens is 412 g/mol. The van der Waals surface area contributed by atoms with Gasteiger partial charge in [-0.3, -0.25) is 14.7 Å². The van der Waals surface area contributed by atoms with Crippen LogP contribution in [0.15, 0.2) is 48.5 Å². The second kappa shape index (κ2) is 7.85. The Morgan fingerprint density at radius 2 is 2.00 bits per heavy atom. The topological polar surface area (TPSA) is 69.3 Å². The second-order valence-electron chi connectivity index (χ2n) is 8.29. The van der Waals surface area contributed by atoms with E-state index >= 15 is 0 Å². The lowest BCUT2D eigenvalue weighted by Crippen LogP contribution is -2.40. The Bertz CT molecular complexity index is 1150. The Morgan fingerprint density at radius 3 is 2.77 bits per heavy atom. The first-order valence-electron chi connectivity index (χ1n) is 10.5. The normalized spacial score (nSPS) is 18.4. The molecule has 7 heteroatoms. The van der Waals surface area contributed by atoms with Gasteiger partial charge >= 0.3 is 0 Å². The summed E-state index contributed by atoms with van der Waals surface area (Å²) >= 11 is 6.16. The highest BCUT2D eigenvalue weighted by atomic mass is 35.5. The third-order valence-corrected chi connectivity index (χ3v) is 6.40. The minimum Gasteiger partial charge on any atom is -0.338 e. The Kier molecular flexibility index (Phi) is 5.02. The van der Waals surface area contributed by atoms with Gasteiger partial charge in [0, 0.05) is 60.0 Å². The number of benzene rings is 2. The fourth-order valence-electron chi connectivity index (χ4n) is 4.46. The summed E-state index contributed by atoms with van der Waals surface area (Å²) in [5.41, 5.74) is 5.84. The lowest BCUT2D eigenvalue weighted by Gasteiger charge is -2.29. The van der Waals surface area contributed by atoms with Crippen LogP contribution in [0.4, 0.5) is 5.69 Å². The molecule has 2 aromatic carbocycles. The number of anilines is 1. The molecule has 1 atom stereocenters. The predicted molar refractivity (Wildman–Crippen MR) is 120 cm³/mol. The summed E-state index contributed by atoms with van der Waals surface area (Å²) in [6.45, 7) is 3.55. The van der Waals surface area contributed by atoms with Gasteiger partial charge < -0.3 is 9.80 Å². The first-order chi connectivity index (χ1) is 15.0. The molecule has 0 radical (unpaired) electrons. The number of carbonyl (C=O) groups excluding carboxylic acids is 2. The van der Waals surface area contributed by atoms with Crippen LogP contribution in [0, 0.1) is 12.8 Å². The van der Waals surface area contributed by atoms with Crippen LogP contribution in [-0.4, -0.2) is 40.0 Å². The minimum absolute atomic E-state index is 0.00262. The van der Waals surface area contributed by atoms with Crippen molar-refractivity contribution in [3.8, 4) is 11.3 Å². The summed E-state index contributed by atoms with van der Waals surface area (Å²) < 4.78 is 0. The van der Waals surface area contributed by atoms with E-state index in [2.05, 4.69) is 10.2 Å². The highest BCUT2D eigenvalue weighted by Crippen LogP contribution is 2.32. The number of halogens is 1. The van der Waals surface area contributed by atoms with Crippen molar-refractivity contribution in [1.29, 1.82) is 0 Å². The van der Waals surface area contributed by atoms with Crippen LogP contribution >= 0.6 is 11.6 Å². The van der Waals surface area contributed by atoms with E-state index in [9.17, 15) is 9.59 Å². The molecule has 1 fully saturated rings. The monoisotopic (exact) mass is 434 g/mol. The van der Waals surface area contributed by atoms with E-state index in [1.807, 2.05) is 60.4 Å². The number of hydrogen-bond acceptors (Lipinski definition) is 3. The number of H-pyrrole nitrogens is 1. The molecule has 6 nitrogen and oxygen atoms in total. The number of rotatable bonds is 3. The van der Waals surface area contributed by atoms with Crippen LogP contribution in [0.25, 0.3) is 11.3 Å². The molecule has 2 aliphatic rings. The molecule has 1 unspecified atom stereocenters. The molecule has 0 spiro atoms. The van der Waals surface area contributed by atoms with Gasteiger partial charge in [-0.25, -0.2) is 0 Å². The average molecular weight is 435 g/mol. The van der Waals surface area contributed by atoms with Gasteiger partial charge in [0.05, 0.1) is 11.6 Å². The zero-order chi connectivity index (χ0) is 21.5. The molecule has 158 valence electrons. The fraction of sp³-hybridized carbons (Fsp3) is 0.292. The van der Waals surface area contributed by atoms with Crippen LogP contribution < -0.4 is 4.90 Å². The van der Waals surface area contributed by atoms with Crippen molar-refractivity contribution in [3.63, 3.8) is 0 Å². The molecule has 2 amide bonds. The summed E-state index contributed by atoms with van der Waals surface area (Å²) in [6, 6.07) is 15.4. The molecule has 2 aliphatic heterocycles. The van der Waals surface area contributed by atoms with Crippen molar-refractivity contribution >= 4 is 29.1 Å². The molecule has 5 rings (SSSR count). The third kappa shape index (κ3) is 3.72. The van der Waals surface area contributed by atoms with E-state index in [0.717, 1.165) is 40.2 Å². The van der Waals surface area contributed by atoms with Crippen LogP contribution in [0.5, 0.6) is 0 Å². The number of aryl methyl sites for hydroxylation is 1. The Labute approximate surface area is 185 Å². The Balaban J connectivity index is 1.34. The molecule has 1 saturated heterocycles. The van der Waals surface area contributed by atoms with Crippen LogP contribution in [-0.2, 0) is 22.6 Å². The van der Waals surface area contributed by atoms with Crippen molar-refractivity contribution in [2.24, 2.45) is 5.92 Å². The maximum Gasteiger partial charge on any atom is 0.228 e. The number of nitrogens with zero attached hydrogens (tertiary/aromatic N) is 3. The highest BCUT2D eigenvalue weighted by molar-refractivity contribution is 6.30. The van der Waals surface area contributed by atoms with E-state index in [1.165, 1.54) is 0 Å². The first kappa shape index (κ1) is 19.8. The maximum absolute atomic E-state index is 13.3. The molecule has 0 aliphatic carbocycles. The van der Waals surface area contributed by atoms with Crippen molar-refractivity contribution in [2.45, 2.75) is 26.3 Å². The van der Waals surface area contributed by atoms with E-state index in [1.54, 1.807) is 4.90 Å². The number of aromatic nitrogens is 2. The average Bonchev–Trinajstić information content (AvgIpc) is 3.37. The summed E-state index contributed by atoms with van der Waals surface area (Å²) in [6.07, 6.45) is 0.972. The number of amides is 2. The third-order valence-electron chi connectivity index (χ3n) is 6.16. The van der Waals surface area contributed by atoms with Gasteiger partial charge in [0.1, 0.15) is 0 Å². The van der Waals surface area contributed by atoms with Crippen molar-refractivity contribution in [3.05, 3.63) is 70.4 Å². The van der Waals surface area contributed by atoms with Crippen LogP contribution in [0.3, 0.4) is 0 Å². The smallest absolute Gasteiger partial charge is 0.228 e. The molecule has 0 saturated carbocycles. The van der Waals surface area contributed by atoms with Crippen LogP contribution in [0.2, 0.25) is 5.02 Å². The minimum atomic E-state index is -0.322. The van der Waals surface area contributed by atoms with Crippen molar-refractivity contribution in [1.82, 2.24) is 15.1 Å². The van der Waals surface area contributed by atoms with E-state index in [4.69, 9.17) is 11.6 Å². The van der Waals surface area contributed by atoms with E-state index in [-0.39, 0.29) is 24.2 Å². The molecule has 3 heterocycles. The maximum atomic E-state index is 13.3. The number of fused-ring (bicyclic) bond motifs is 1. The lowest BCUT2D eigenvalue weighted by atomic mass is 9.99.